The number of carboxylic acids is 1. The monoisotopic (exact) mass is 324 g/mol. The van der Waals surface area contributed by atoms with Crippen molar-refractivity contribution in [2.24, 2.45) is 0 Å². The fourth-order valence-electron chi connectivity index (χ4n) is 3.25. The van der Waals surface area contributed by atoms with E-state index in [1.54, 1.807) is 11.9 Å². The third-order valence-corrected chi connectivity index (χ3v) is 4.60. The summed E-state index contributed by atoms with van der Waals surface area (Å²) in [6.07, 6.45) is 2.45. The van der Waals surface area contributed by atoms with Gasteiger partial charge in [0.2, 0.25) is 0 Å². The minimum Gasteiger partial charge on any atom is -0.481 e. The molecule has 2 N–H and O–H groups in total. The second kappa shape index (κ2) is 6.00. The van der Waals surface area contributed by atoms with Crippen LogP contribution in [0.1, 0.15) is 34.5 Å². The quantitative estimate of drug-likeness (QED) is 0.848. The number of amides is 1. The van der Waals surface area contributed by atoms with Crippen LogP contribution in [-0.4, -0.2) is 29.0 Å². The number of aromatic amines is 1. The van der Waals surface area contributed by atoms with Gasteiger partial charge in [-0.2, -0.15) is 0 Å². The van der Waals surface area contributed by atoms with E-state index in [-0.39, 0.29) is 12.3 Å². The number of carbonyl (C=O) groups is 2. The highest BCUT2D eigenvalue weighted by Crippen LogP contribution is 2.37. The summed E-state index contributed by atoms with van der Waals surface area (Å²) in [4.78, 5) is 28.3. The highest BCUT2D eigenvalue weighted by molar-refractivity contribution is 6.35. The van der Waals surface area contributed by atoms with Crippen LogP contribution in [-0.2, 0) is 16.0 Å². The molecule has 24 heavy (non-hydrogen) atoms. The number of fused-ring (bicyclic) bond motifs is 1. The highest BCUT2D eigenvalue weighted by atomic mass is 16.4. The van der Waals surface area contributed by atoms with E-state index in [0.717, 1.165) is 33.8 Å². The van der Waals surface area contributed by atoms with E-state index in [2.05, 4.69) is 4.98 Å². The number of aryl methyl sites for hydroxylation is 1. The van der Waals surface area contributed by atoms with E-state index >= 15 is 0 Å². The Morgan fingerprint density at radius 2 is 2.00 bits per heavy atom. The zero-order valence-corrected chi connectivity index (χ0v) is 14.0. The minimum absolute atomic E-state index is 0.0325. The molecular weight excluding hydrogens is 304 g/mol. The average Bonchev–Trinajstić information content (AvgIpc) is 2.95. The molecule has 1 aromatic carbocycles. The van der Waals surface area contributed by atoms with Crippen molar-refractivity contribution >= 4 is 29.2 Å². The van der Waals surface area contributed by atoms with Gasteiger partial charge in [0.1, 0.15) is 0 Å². The maximum absolute atomic E-state index is 12.6. The molecule has 0 atom stereocenters. The standard InChI is InChI=1S/C19H20N2O3/c1-11-13(8-9-18(22)23)12(2)20-16(11)10-15-14-6-4-5-7-17(14)21(3)19(15)24/h4-7,10,20H,8-9H2,1-3H3,(H,22,23)/b15-10-. The van der Waals surface area contributed by atoms with E-state index in [4.69, 9.17) is 5.11 Å². The van der Waals surface area contributed by atoms with E-state index < -0.39 is 5.97 Å². The number of carboxylic acid groups (broad SMARTS) is 1. The van der Waals surface area contributed by atoms with Gasteiger partial charge in [0.25, 0.3) is 5.91 Å². The van der Waals surface area contributed by atoms with Crippen LogP contribution >= 0.6 is 0 Å². The predicted octanol–water partition coefficient (Wildman–Crippen LogP) is 3.17. The number of H-pyrrole nitrogens is 1. The summed E-state index contributed by atoms with van der Waals surface area (Å²) in [5.41, 5.74) is 6.30. The number of benzene rings is 1. The van der Waals surface area contributed by atoms with Gasteiger partial charge in [-0.25, -0.2) is 0 Å². The van der Waals surface area contributed by atoms with Crippen LogP contribution in [0.5, 0.6) is 0 Å². The number of nitrogens with one attached hydrogen (secondary N) is 1. The maximum atomic E-state index is 12.6. The Bertz CT molecular complexity index is 861. The van der Waals surface area contributed by atoms with Crippen molar-refractivity contribution in [3.05, 3.63) is 52.3 Å². The number of carbonyl (C=O) groups excluding carboxylic acids is 1. The van der Waals surface area contributed by atoms with E-state index in [1.165, 1.54) is 0 Å². The summed E-state index contributed by atoms with van der Waals surface area (Å²) < 4.78 is 0. The molecule has 2 heterocycles. The number of anilines is 1. The first kappa shape index (κ1) is 16.1. The molecule has 0 bridgehead atoms. The minimum atomic E-state index is -0.809. The van der Waals surface area contributed by atoms with Crippen LogP contribution in [0.3, 0.4) is 0 Å². The van der Waals surface area contributed by atoms with Crippen molar-refractivity contribution in [2.75, 3.05) is 11.9 Å². The summed E-state index contributed by atoms with van der Waals surface area (Å²) in [6.45, 7) is 3.89. The van der Waals surface area contributed by atoms with Crippen molar-refractivity contribution in [3.63, 3.8) is 0 Å². The molecule has 0 aliphatic carbocycles. The lowest BCUT2D eigenvalue weighted by molar-refractivity contribution is -0.137. The van der Waals surface area contributed by atoms with E-state index in [0.29, 0.717) is 12.0 Å². The molecule has 3 rings (SSSR count). The summed E-state index contributed by atoms with van der Waals surface area (Å²) in [5, 5.41) is 8.89. The van der Waals surface area contributed by atoms with Gasteiger partial charge >= 0.3 is 5.97 Å². The number of para-hydroxylation sites is 1. The van der Waals surface area contributed by atoms with Gasteiger partial charge in [0, 0.05) is 30.4 Å². The van der Waals surface area contributed by atoms with Crippen LogP contribution in [0.2, 0.25) is 0 Å². The number of likely N-dealkylation sites (N-methyl/N-ethyl adjacent to an activating group) is 1. The third kappa shape index (κ3) is 2.62. The summed E-state index contributed by atoms with van der Waals surface area (Å²) in [5.74, 6) is -0.841. The van der Waals surface area contributed by atoms with Gasteiger partial charge in [0.15, 0.2) is 0 Å². The first-order valence-corrected chi connectivity index (χ1v) is 7.89. The van der Waals surface area contributed by atoms with Crippen molar-refractivity contribution < 1.29 is 14.7 Å². The molecular formula is C19H20N2O3. The van der Waals surface area contributed by atoms with Crippen LogP contribution in [0, 0.1) is 13.8 Å². The molecule has 0 fully saturated rings. The van der Waals surface area contributed by atoms with Gasteiger partial charge in [-0.3, -0.25) is 9.59 Å². The summed E-state index contributed by atoms with van der Waals surface area (Å²) >= 11 is 0. The fraction of sp³-hybridized carbons (Fsp3) is 0.263. The van der Waals surface area contributed by atoms with Gasteiger partial charge in [-0.15, -0.1) is 0 Å². The summed E-state index contributed by atoms with van der Waals surface area (Å²) in [6, 6.07) is 7.71. The Hall–Kier alpha value is -2.82. The normalized spacial score (nSPS) is 15.2. The molecule has 124 valence electrons. The second-order valence-electron chi connectivity index (χ2n) is 6.10. The van der Waals surface area contributed by atoms with E-state index in [1.807, 2.05) is 44.2 Å². The van der Waals surface area contributed by atoms with Crippen molar-refractivity contribution in [1.82, 2.24) is 4.98 Å². The van der Waals surface area contributed by atoms with Crippen molar-refractivity contribution in [3.8, 4) is 0 Å². The maximum Gasteiger partial charge on any atom is 0.303 e. The number of rotatable bonds is 4. The molecule has 5 heteroatoms. The van der Waals surface area contributed by atoms with Crippen LogP contribution in [0.25, 0.3) is 11.6 Å². The Balaban J connectivity index is 2.02. The van der Waals surface area contributed by atoms with Crippen LogP contribution < -0.4 is 4.90 Å². The largest absolute Gasteiger partial charge is 0.481 e. The smallest absolute Gasteiger partial charge is 0.303 e. The van der Waals surface area contributed by atoms with Gasteiger partial charge in [-0.05, 0) is 43.5 Å². The second-order valence-corrected chi connectivity index (χ2v) is 6.10. The zero-order valence-electron chi connectivity index (χ0n) is 14.0. The van der Waals surface area contributed by atoms with Crippen LogP contribution in [0.4, 0.5) is 5.69 Å². The SMILES string of the molecule is Cc1[nH]c(/C=C2\C(=O)N(C)c3ccccc32)c(C)c1CCC(=O)O. The number of hydrogen-bond acceptors (Lipinski definition) is 2. The molecule has 0 spiro atoms. The van der Waals surface area contributed by atoms with Gasteiger partial charge in [0.05, 0.1) is 11.3 Å². The third-order valence-electron chi connectivity index (χ3n) is 4.60. The molecule has 1 aromatic heterocycles. The Morgan fingerprint density at radius 1 is 1.29 bits per heavy atom. The predicted molar refractivity (Wildman–Crippen MR) is 93.9 cm³/mol. The molecule has 0 saturated carbocycles. The number of aliphatic carboxylic acids is 1. The van der Waals surface area contributed by atoms with Gasteiger partial charge in [-0.1, -0.05) is 18.2 Å². The number of aromatic nitrogens is 1. The Kier molecular flexibility index (Phi) is 4.01. The molecule has 2 aromatic rings. The summed E-state index contributed by atoms with van der Waals surface area (Å²) in [7, 11) is 1.77. The molecule has 1 aliphatic heterocycles. The molecule has 5 nitrogen and oxygen atoms in total. The molecule has 1 amide bonds. The number of nitrogens with zero attached hydrogens (tertiary/aromatic N) is 1. The molecule has 0 unspecified atom stereocenters. The lowest BCUT2D eigenvalue weighted by Gasteiger charge is -2.07. The zero-order chi connectivity index (χ0) is 17.4. The van der Waals surface area contributed by atoms with Gasteiger partial charge < -0.3 is 15.0 Å². The van der Waals surface area contributed by atoms with E-state index in [9.17, 15) is 9.59 Å². The first-order valence-electron chi connectivity index (χ1n) is 7.89. The Labute approximate surface area is 140 Å². The average molecular weight is 324 g/mol. The lowest BCUT2D eigenvalue weighted by atomic mass is 10.0. The number of hydrogen-bond donors (Lipinski definition) is 2. The highest BCUT2D eigenvalue weighted by Gasteiger charge is 2.29. The molecule has 0 radical (unpaired) electrons. The first-order chi connectivity index (χ1) is 11.4. The topological polar surface area (TPSA) is 73.4 Å². The van der Waals surface area contributed by atoms with Crippen molar-refractivity contribution in [2.45, 2.75) is 26.7 Å². The van der Waals surface area contributed by atoms with Crippen LogP contribution in [0.15, 0.2) is 24.3 Å². The molecule has 0 saturated heterocycles. The molecule has 1 aliphatic rings. The fourth-order valence-corrected chi connectivity index (χ4v) is 3.25. The lowest BCUT2D eigenvalue weighted by Crippen LogP contribution is -2.20. The van der Waals surface area contributed by atoms with Crippen molar-refractivity contribution in [1.29, 1.82) is 0 Å². The Morgan fingerprint density at radius 3 is 2.71 bits per heavy atom.